The Balaban J connectivity index is 0.000000247. The normalized spacial score (nSPS) is 11.2. The van der Waals surface area contributed by atoms with Crippen LogP contribution in [0.4, 0.5) is 22.9 Å². The van der Waals surface area contributed by atoms with Gasteiger partial charge in [0, 0.05) is 19.2 Å². The Bertz CT molecular complexity index is 1320. The number of para-hydroxylation sites is 1. The smallest absolute Gasteiger partial charge is 0.228 e. The molecule has 0 unspecified atom stereocenters. The molecule has 8 heteroatoms. The lowest BCUT2D eigenvalue weighted by molar-refractivity contribution is -0.115. The van der Waals surface area contributed by atoms with E-state index in [0.717, 1.165) is 30.3 Å². The van der Waals surface area contributed by atoms with Crippen LogP contribution in [0.1, 0.15) is 38.4 Å². The SMILES string of the molecule is CC(=O)N(c1ccc(Oc2ccccc2)cc1)c1c(C)ncnc1N.CCC.Cc1ccc2c(c1)NCCO2. The fourth-order valence-electron chi connectivity index (χ4n) is 3.77. The molecule has 204 valence electrons. The summed E-state index contributed by atoms with van der Waals surface area (Å²) in [5.41, 5.74) is 10.1. The van der Waals surface area contributed by atoms with Crippen molar-refractivity contribution in [2.75, 3.05) is 29.1 Å². The number of aryl methyl sites for hydroxylation is 2. The Morgan fingerprint density at radius 3 is 2.31 bits per heavy atom. The third-order valence-corrected chi connectivity index (χ3v) is 5.46. The Morgan fingerprint density at radius 1 is 1.00 bits per heavy atom. The van der Waals surface area contributed by atoms with Crippen LogP contribution in [0.5, 0.6) is 17.2 Å². The summed E-state index contributed by atoms with van der Waals surface area (Å²) < 4.78 is 11.2. The molecule has 0 atom stereocenters. The number of nitrogen functional groups attached to an aromatic ring is 1. The van der Waals surface area contributed by atoms with Gasteiger partial charge in [0.15, 0.2) is 5.82 Å². The van der Waals surface area contributed by atoms with Gasteiger partial charge in [-0.3, -0.25) is 9.69 Å². The van der Waals surface area contributed by atoms with Gasteiger partial charge in [-0.25, -0.2) is 9.97 Å². The molecule has 0 aliphatic carbocycles. The summed E-state index contributed by atoms with van der Waals surface area (Å²) in [7, 11) is 0. The van der Waals surface area contributed by atoms with E-state index in [1.54, 1.807) is 31.2 Å². The van der Waals surface area contributed by atoms with E-state index in [0.29, 0.717) is 22.8 Å². The van der Waals surface area contributed by atoms with Gasteiger partial charge in [-0.05, 0) is 67.9 Å². The fourth-order valence-corrected chi connectivity index (χ4v) is 3.77. The average molecular weight is 528 g/mol. The van der Waals surface area contributed by atoms with Crippen molar-refractivity contribution in [3.05, 3.63) is 90.4 Å². The number of hydrogen-bond acceptors (Lipinski definition) is 7. The number of anilines is 4. The van der Waals surface area contributed by atoms with E-state index in [4.69, 9.17) is 15.2 Å². The summed E-state index contributed by atoms with van der Waals surface area (Å²) in [5.74, 6) is 2.47. The fraction of sp³-hybridized carbons (Fsp3) is 0.258. The molecule has 0 saturated heterocycles. The Labute approximate surface area is 230 Å². The zero-order chi connectivity index (χ0) is 28.2. The molecule has 1 aromatic heterocycles. The van der Waals surface area contributed by atoms with Crippen LogP contribution in [-0.4, -0.2) is 29.0 Å². The summed E-state index contributed by atoms with van der Waals surface area (Å²) in [6.45, 7) is 11.3. The third kappa shape index (κ3) is 8.20. The van der Waals surface area contributed by atoms with Crippen molar-refractivity contribution >= 4 is 28.8 Å². The predicted octanol–water partition coefficient (Wildman–Crippen LogP) is 7.06. The predicted molar refractivity (Wildman–Crippen MR) is 158 cm³/mol. The summed E-state index contributed by atoms with van der Waals surface area (Å²) in [6, 6.07) is 22.9. The number of hydrogen-bond donors (Lipinski definition) is 2. The molecule has 4 aromatic rings. The van der Waals surface area contributed by atoms with E-state index in [1.165, 1.54) is 30.1 Å². The minimum absolute atomic E-state index is 0.179. The maximum atomic E-state index is 12.2. The third-order valence-electron chi connectivity index (χ3n) is 5.46. The van der Waals surface area contributed by atoms with Gasteiger partial charge in [-0.1, -0.05) is 44.5 Å². The Kier molecular flexibility index (Phi) is 10.7. The molecular weight excluding hydrogens is 490 g/mol. The van der Waals surface area contributed by atoms with E-state index >= 15 is 0 Å². The molecule has 5 rings (SSSR count). The molecule has 39 heavy (non-hydrogen) atoms. The monoisotopic (exact) mass is 527 g/mol. The number of carbonyl (C=O) groups is 1. The number of nitrogens with two attached hydrogens (primary N) is 1. The second-order valence-corrected chi connectivity index (χ2v) is 8.94. The molecule has 3 aromatic carbocycles. The van der Waals surface area contributed by atoms with E-state index in [9.17, 15) is 4.79 Å². The molecule has 1 aliphatic heterocycles. The molecule has 2 heterocycles. The molecule has 1 aliphatic rings. The van der Waals surface area contributed by atoms with Crippen LogP contribution in [-0.2, 0) is 4.79 Å². The second-order valence-electron chi connectivity index (χ2n) is 8.94. The zero-order valence-electron chi connectivity index (χ0n) is 23.3. The van der Waals surface area contributed by atoms with Crippen molar-refractivity contribution in [2.24, 2.45) is 0 Å². The maximum absolute atomic E-state index is 12.2. The first-order chi connectivity index (χ1) is 18.8. The zero-order valence-corrected chi connectivity index (χ0v) is 23.3. The van der Waals surface area contributed by atoms with Gasteiger partial charge in [-0.2, -0.15) is 0 Å². The van der Waals surface area contributed by atoms with E-state index in [2.05, 4.69) is 48.2 Å². The van der Waals surface area contributed by atoms with Gasteiger partial charge in [0.05, 0.1) is 11.4 Å². The van der Waals surface area contributed by atoms with Crippen LogP contribution in [0.15, 0.2) is 79.1 Å². The van der Waals surface area contributed by atoms with Gasteiger partial charge >= 0.3 is 0 Å². The highest BCUT2D eigenvalue weighted by Gasteiger charge is 2.20. The van der Waals surface area contributed by atoms with Crippen LogP contribution < -0.4 is 25.4 Å². The quantitative estimate of drug-likeness (QED) is 0.293. The topological polar surface area (TPSA) is 103 Å². The molecule has 0 fully saturated rings. The maximum Gasteiger partial charge on any atom is 0.228 e. The summed E-state index contributed by atoms with van der Waals surface area (Å²) in [5, 5.41) is 3.28. The lowest BCUT2D eigenvalue weighted by atomic mass is 10.2. The van der Waals surface area contributed by atoms with Crippen LogP contribution in [0.25, 0.3) is 0 Å². The molecule has 8 nitrogen and oxygen atoms in total. The van der Waals surface area contributed by atoms with Gasteiger partial charge < -0.3 is 20.5 Å². The van der Waals surface area contributed by atoms with Crippen molar-refractivity contribution < 1.29 is 14.3 Å². The molecule has 1 amide bonds. The highest BCUT2D eigenvalue weighted by molar-refractivity contribution is 6.01. The van der Waals surface area contributed by atoms with Crippen molar-refractivity contribution in [3.63, 3.8) is 0 Å². The number of nitrogens with zero attached hydrogens (tertiary/aromatic N) is 3. The van der Waals surface area contributed by atoms with Crippen LogP contribution in [0.2, 0.25) is 0 Å². The lowest BCUT2D eigenvalue weighted by Crippen LogP contribution is -2.25. The first-order valence-electron chi connectivity index (χ1n) is 13.0. The minimum Gasteiger partial charge on any atom is -0.490 e. The standard InChI is InChI=1S/C19H18N4O2.C9H11NO.C3H8/c1-13-18(19(20)22-12-21-13)23(14(2)24)15-8-10-17(11-9-15)25-16-6-4-3-5-7-16;1-7-2-3-9-8(6-7)10-4-5-11-9;1-3-2/h3-12H,1-2H3,(H2,20,21,22);2-3,6,10H,4-5H2,1H3;3H2,1-2H3. The van der Waals surface area contributed by atoms with Crippen molar-refractivity contribution in [1.29, 1.82) is 0 Å². The number of ether oxygens (including phenoxy) is 2. The number of amides is 1. The highest BCUT2D eigenvalue weighted by atomic mass is 16.5. The van der Waals surface area contributed by atoms with Crippen molar-refractivity contribution in [1.82, 2.24) is 9.97 Å². The molecule has 0 bridgehead atoms. The van der Waals surface area contributed by atoms with Crippen molar-refractivity contribution in [3.8, 4) is 17.2 Å². The molecule has 0 radical (unpaired) electrons. The number of carbonyl (C=O) groups excluding carboxylic acids is 1. The van der Waals surface area contributed by atoms with Gasteiger partial charge in [-0.15, -0.1) is 0 Å². The molecule has 0 saturated carbocycles. The number of fused-ring (bicyclic) bond motifs is 1. The van der Waals surface area contributed by atoms with Gasteiger partial charge in [0.1, 0.15) is 35.9 Å². The van der Waals surface area contributed by atoms with Crippen molar-refractivity contribution in [2.45, 2.75) is 41.0 Å². The second kappa shape index (κ2) is 14.4. The number of nitrogens with one attached hydrogen (secondary N) is 1. The van der Waals surface area contributed by atoms with Gasteiger partial charge in [0.25, 0.3) is 0 Å². The van der Waals surface area contributed by atoms with E-state index in [-0.39, 0.29) is 11.7 Å². The first-order valence-corrected chi connectivity index (χ1v) is 13.0. The highest BCUT2D eigenvalue weighted by Crippen LogP contribution is 2.33. The molecule has 0 spiro atoms. The average Bonchev–Trinajstić information content (AvgIpc) is 2.93. The van der Waals surface area contributed by atoms with E-state index < -0.39 is 0 Å². The first kappa shape index (κ1) is 29.0. The molecule has 3 N–H and O–H groups in total. The lowest BCUT2D eigenvalue weighted by Gasteiger charge is -2.23. The Hall–Kier alpha value is -4.59. The molecular formula is C31H37N5O3. The Morgan fingerprint density at radius 2 is 1.67 bits per heavy atom. The van der Waals surface area contributed by atoms with Gasteiger partial charge in [0.2, 0.25) is 5.91 Å². The number of rotatable bonds is 4. The number of aromatic nitrogens is 2. The van der Waals surface area contributed by atoms with Crippen LogP contribution in [0, 0.1) is 13.8 Å². The van der Waals surface area contributed by atoms with E-state index in [1.807, 2.05) is 36.4 Å². The number of benzene rings is 3. The van der Waals surface area contributed by atoms with Crippen LogP contribution >= 0.6 is 0 Å². The summed E-state index contributed by atoms with van der Waals surface area (Å²) in [6.07, 6.45) is 2.63. The minimum atomic E-state index is -0.179. The van der Waals surface area contributed by atoms with Crippen LogP contribution in [0.3, 0.4) is 0 Å². The largest absolute Gasteiger partial charge is 0.490 e. The summed E-state index contributed by atoms with van der Waals surface area (Å²) >= 11 is 0. The summed E-state index contributed by atoms with van der Waals surface area (Å²) in [4.78, 5) is 21.8.